The molecule has 0 amide bonds. The van der Waals surface area contributed by atoms with Crippen LogP contribution in [0, 0.1) is 23.7 Å². The number of fused-ring (bicyclic) bond motifs is 5. The van der Waals surface area contributed by atoms with E-state index < -0.39 is 0 Å². The fourth-order valence-electron chi connectivity index (χ4n) is 5.21. The van der Waals surface area contributed by atoms with E-state index in [-0.39, 0.29) is 0 Å². The van der Waals surface area contributed by atoms with Gasteiger partial charge in [-0.3, -0.25) is 0 Å². The van der Waals surface area contributed by atoms with Gasteiger partial charge in [-0.05, 0) is 41.2 Å². The maximum Gasteiger partial charge on any atom is 0.0363 e. The Labute approximate surface area is 132 Å². The molecule has 2 aromatic rings. The molecule has 2 aromatic carbocycles. The smallest absolute Gasteiger partial charge is 0.0363 e. The molecule has 2 aliphatic carbocycles. The summed E-state index contributed by atoms with van der Waals surface area (Å²) >= 11 is 0. The monoisotopic (exact) mass is 287 g/mol. The van der Waals surface area contributed by atoms with Crippen molar-refractivity contribution in [1.29, 1.82) is 0 Å². The van der Waals surface area contributed by atoms with E-state index in [1.54, 1.807) is 0 Å². The number of hydrogen-bond donors (Lipinski definition) is 1. The number of nitrogens with one attached hydrogen (secondary N) is 1. The summed E-state index contributed by atoms with van der Waals surface area (Å²) in [5.74, 6) is 3.04. The molecular weight excluding hydrogens is 266 g/mol. The van der Waals surface area contributed by atoms with Crippen LogP contribution in [0.4, 0.5) is 0 Å². The van der Waals surface area contributed by atoms with Gasteiger partial charge in [0.1, 0.15) is 0 Å². The predicted molar refractivity (Wildman–Crippen MR) is 89.2 cm³/mol. The highest BCUT2D eigenvalue weighted by molar-refractivity contribution is 5.32. The summed E-state index contributed by atoms with van der Waals surface area (Å²) < 4.78 is 0. The lowest BCUT2D eigenvalue weighted by Gasteiger charge is -2.26. The van der Waals surface area contributed by atoms with Crippen LogP contribution in [-0.4, -0.2) is 0 Å². The van der Waals surface area contributed by atoms with Crippen molar-refractivity contribution in [2.45, 2.75) is 18.5 Å². The molecule has 2 fully saturated rings. The molecule has 1 heteroatoms. The third kappa shape index (κ3) is 1.75. The van der Waals surface area contributed by atoms with E-state index in [9.17, 15) is 0 Å². The minimum Gasteiger partial charge on any atom is -0.302 e. The largest absolute Gasteiger partial charge is 0.302 e. The molecule has 1 saturated carbocycles. The summed E-state index contributed by atoms with van der Waals surface area (Å²) in [7, 11) is 0. The second-order valence-electron chi connectivity index (χ2n) is 7.05. The molecule has 0 unspecified atom stereocenters. The first-order valence-electron chi connectivity index (χ1n) is 8.46. The molecular formula is C21H21N. The van der Waals surface area contributed by atoms with E-state index in [2.05, 4.69) is 78.1 Å². The molecule has 1 saturated heterocycles. The molecule has 2 bridgehead atoms. The average molecular weight is 287 g/mol. The van der Waals surface area contributed by atoms with E-state index in [1.165, 1.54) is 17.5 Å². The molecule has 1 aliphatic heterocycles. The van der Waals surface area contributed by atoms with Gasteiger partial charge in [0, 0.05) is 12.1 Å². The Morgan fingerprint density at radius 3 is 1.55 bits per heavy atom. The SMILES string of the molecule is C1=C[C@H]2C[C@@H]1[C@@H]1[C@H]2[C@@H](c2ccccc2)N[C@H]1c1ccccc1. The van der Waals surface area contributed by atoms with Crippen LogP contribution in [0.5, 0.6) is 0 Å². The standard InChI is InChI=1S/C21H21N/c1-3-7-14(8-4-1)20-18-16-11-12-17(13-16)19(18)21(22-20)15-9-5-2-6-10-15/h1-12,16-22H,13H2/t16-,17+,18-,19+,20+,21-. The van der Waals surface area contributed by atoms with Gasteiger partial charge in [-0.2, -0.15) is 0 Å². The lowest BCUT2D eigenvalue weighted by Crippen LogP contribution is -2.22. The van der Waals surface area contributed by atoms with Gasteiger partial charge in [-0.1, -0.05) is 72.8 Å². The van der Waals surface area contributed by atoms with Crippen molar-refractivity contribution in [2.24, 2.45) is 23.7 Å². The summed E-state index contributed by atoms with van der Waals surface area (Å²) in [5.41, 5.74) is 2.91. The molecule has 3 aliphatic rings. The lowest BCUT2D eigenvalue weighted by molar-refractivity contribution is 0.321. The van der Waals surface area contributed by atoms with Crippen molar-refractivity contribution in [3.8, 4) is 0 Å². The highest BCUT2D eigenvalue weighted by atomic mass is 15.0. The summed E-state index contributed by atoms with van der Waals surface area (Å²) in [4.78, 5) is 0. The van der Waals surface area contributed by atoms with Crippen molar-refractivity contribution in [3.63, 3.8) is 0 Å². The van der Waals surface area contributed by atoms with E-state index in [0.717, 1.165) is 23.7 Å². The Hall–Kier alpha value is -1.86. The predicted octanol–water partition coefficient (Wildman–Crippen LogP) is 4.51. The van der Waals surface area contributed by atoms with Crippen LogP contribution in [0.25, 0.3) is 0 Å². The van der Waals surface area contributed by atoms with Crippen LogP contribution in [-0.2, 0) is 0 Å². The molecule has 0 spiro atoms. The van der Waals surface area contributed by atoms with Gasteiger partial charge in [0.2, 0.25) is 0 Å². The highest BCUT2D eigenvalue weighted by Crippen LogP contribution is 2.60. The van der Waals surface area contributed by atoms with Crippen molar-refractivity contribution >= 4 is 0 Å². The van der Waals surface area contributed by atoms with Gasteiger partial charge < -0.3 is 5.32 Å². The zero-order chi connectivity index (χ0) is 14.5. The Morgan fingerprint density at radius 1 is 0.636 bits per heavy atom. The zero-order valence-electron chi connectivity index (χ0n) is 12.6. The van der Waals surface area contributed by atoms with Gasteiger partial charge in [-0.15, -0.1) is 0 Å². The fraction of sp³-hybridized carbons (Fsp3) is 0.333. The lowest BCUT2D eigenvalue weighted by atomic mass is 9.76. The summed E-state index contributed by atoms with van der Waals surface area (Å²) in [6, 6.07) is 23.1. The van der Waals surface area contributed by atoms with Crippen molar-refractivity contribution in [3.05, 3.63) is 83.9 Å². The first kappa shape index (κ1) is 12.7. The van der Waals surface area contributed by atoms with E-state index >= 15 is 0 Å². The van der Waals surface area contributed by atoms with Crippen LogP contribution >= 0.6 is 0 Å². The Balaban J connectivity index is 1.57. The second kappa shape index (κ2) is 4.82. The van der Waals surface area contributed by atoms with E-state index in [0.29, 0.717) is 12.1 Å². The Morgan fingerprint density at radius 2 is 1.09 bits per heavy atom. The maximum atomic E-state index is 3.99. The van der Waals surface area contributed by atoms with Crippen molar-refractivity contribution in [2.75, 3.05) is 0 Å². The fourth-order valence-corrected chi connectivity index (χ4v) is 5.21. The molecule has 6 atom stereocenters. The van der Waals surface area contributed by atoms with Gasteiger partial charge in [0.25, 0.3) is 0 Å². The van der Waals surface area contributed by atoms with Crippen molar-refractivity contribution < 1.29 is 0 Å². The number of hydrogen-bond acceptors (Lipinski definition) is 1. The molecule has 5 rings (SSSR count). The van der Waals surface area contributed by atoms with Crippen LogP contribution in [0.1, 0.15) is 29.6 Å². The maximum absolute atomic E-state index is 3.99. The zero-order valence-corrected chi connectivity index (χ0v) is 12.6. The topological polar surface area (TPSA) is 12.0 Å². The first-order valence-corrected chi connectivity index (χ1v) is 8.46. The number of benzene rings is 2. The number of allylic oxidation sites excluding steroid dienone is 2. The Bertz CT molecular complexity index is 631. The molecule has 1 N–H and O–H groups in total. The van der Waals surface area contributed by atoms with Gasteiger partial charge in [0.05, 0.1) is 0 Å². The Kier molecular flexibility index (Phi) is 2.78. The normalized spacial score (nSPS) is 38.4. The molecule has 0 radical (unpaired) electrons. The van der Waals surface area contributed by atoms with Crippen LogP contribution in [0.3, 0.4) is 0 Å². The van der Waals surface area contributed by atoms with Crippen LogP contribution in [0.15, 0.2) is 72.8 Å². The molecule has 22 heavy (non-hydrogen) atoms. The second-order valence-corrected chi connectivity index (χ2v) is 7.05. The summed E-state index contributed by atoms with van der Waals surface area (Å²) in [5, 5.41) is 3.99. The first-order chi connectivity index (χ1) is 10.9. The molecule has 110 valence electrons. The third-order valence-electron chi connectivity index (χ3n) is 6.03. The molecule has 1 nitrogen and oxygen atoms in total. The summed E-state index contributed by atoms with van der Waals surface area (Å²) in [6.07, 6.45) is 6.33. The minimum atomic E-state index is 0.497. The summed E-state index contributed by atoms with van der Waals surface area (Å²) in [6.45, 7) is 0. The average Bonchev–Trinajstić information content (AvgIpc) is 3.29. The number of rotatable bonds is 2. The van der Waals surface area contributed by atoms with E-state index in [1.807, 2.05) is 0 Å². The molecule has 0 aromatic heterocycles. The quantitative estimate of drug-likeness (QED) is 0.801. The van der Waals surface area contributed by atoms with Crippen LogP contribution in [0.2, 0.25) is 0 Å². The molecule has 1 heterocycles. The van der Waals surface area contributed by atoms with Gasteiger partial charge in [0.15, 0.2) is 0 Å². The van der Waals surface area contributed by atoms with E-state index in [4.69, 9.17) is 0 Å². The third-order valence-corrected chi connectivity index (χ3v) is 6.03. The minimum absolute atomic E-state index is 0.497. The van der Waals surface area contributed by atoms with Gasteiger partial charge >= 0.3 is 0 Å². The van der Waals surface area contributed by atoms with Crippen molar-refractivity contribution in [1.82, 2.24) is 5.32 Å². The van der Waals surface area contributed by atoms with Crippen LogP contribution < -0.4 is 5.32 Å². The van der Waals surface area contributed by atoms with Gasteiger partial charge in [-0.25, -0.2) is 0 Å². The highest BCUT2D eigenvalue weighted by Gasteiger charge is 2.55.